The van der Waals surface area contributed by atoms with Crippen LogP contribution in [0.25, 0.3) is 0 Å². The predicted octanol–water partition coefficient (Wildman–Crippen LogP) is 1.46. The number of aliphatic hydroxyl groups is 1. The van der Waals surface area contributed by atoms with Crippen LogP contribution in [0.2, 0.25) is 0 Å². The summed E-state index contributed by atoms with van der Waals surface area (Å²) in [6.45, 7) is 0.171. The van der Waals surface area contributed by atoms with E-state index in [1.165, 1.54) is 0 Å². The van der Waals surface area contributed by atoms with Crippen molar-refractivity contribution in [3.63, 3.8) is 0 Å². The average Bonchev–Trinajstić information content (AvgIpc) is 2.54. The molecule has 2 atom stereocenters. The van der Waals surface area contributed by atoms with Crippen molar-refractivity contribution in [3.8, 4) is 0 Å². The van der Waals surface area contributed by atoms with Gasteiger partial charge in [0.2, 0.25) is 0 Å². The zero-order valence-electron chi connectivity index (χ0n) is 11.8. The minimum Gasteiger partial charge on any atom is -0.459 e. The molecule has 0 aliphatic carbocycles. The molecular weight excluding hydrogens is 266 g/mol. The molecule has 0 aromatic heterocycles. The van der Waals surface area contributed by atoms with E-state index in [-0.39, 0.29) is 19.1 Å². The molecule has 0 bridgehead atoms. The first-order chi connectivity index (χ1) is 10.2. The molecule has 110 valence electrons. The lowest BCUT2D eigenvalue weighted by Gasteiger charge is -2.14. The van der Waals surface area contributed by atoms with Crippen LogP contribution >= 0.6 is 0 Å². The zero-order chi connectivity index (χ0) is 15.1. The number of carbonyl (C=O) groups is 1. The monoisotopic (exact) mass is 286 g/mol. The molecule has 0 unspecified atom stereocenters. The smallest absolute Gasteiger partial charge is 0.335 e. The average molecular weight is 286 g/mol. The van der Waals surface area contributed by atoms with Crippen molar-refractivity contribution < 1.29 is 20.4 Å². The molecule has 2 rings (SSSR count). The molecule has 0 saturated heterocycles. The van der Waals surface area contributed by atoms with Crippen molar-refractivity contribution in [2.45, 2.75) is 25.2 Å². The largest absolute Gasteiger partial charge is 0.459 e. The normalized spacial score (nSPS) is 13.4. The molecule has 0 radical (unpaired) electrons. The molecule has 21 heavy (non-hydrogen) atoms. The van der Waals surface area contributed by atoms with Crippen LogP contribution in [0.1, 0.15) is 23.6 Å². The number of benzene rings is 2. The van der Waals surface area contributed by atoms with Gasteiger partial charge in [-0.2, -0.15) is 0 Å². The molecule has 4 nitrogen and oxygen atoms in total. The summed E-state index contributed by atoms with van der Waals surface area (Å²) >= 11 is 0. The van der Waals surface area contributed by atoms with Crippen LogP contribution < -0.4 is 5.73 Å². The molecule has 4 N–H and O–H groups in total. The minimum atomic E-state index is -1.16. The second kappa shape index (κ2) is 7.57. The molecule has 0 fully saturated rings. The molecule has 0 amide bonds. The molecule has 0 heterocycles. The van der Waals surface area contributed by atoms with Gasteiger partial charge in [-0.3, -0.25) is 0 Å². The van der Waals surface area contributed by atoms with Crippen LogP contribution in [0, 0.1) is 0 Å². The summed E-state index contributed by atoms with van der Waals surface area (Å²) in [6.07, 6.45) is -0.908. The van der Waals surface area contributed by atoms with Gasteiger partial charge in [0.15, 0.2) is 6.10 Å². The number of esters is 1. The summed E-state index contributed by atoms with van der Waals surface area (Å²) in [5.74, 6) is -0.608. The van der Waals surface area contributed by atoms with Crippen LogP contribution in [0.15, 0.2) is 60.7 Å². The predicted molar refractivity (Wildman–Crippen MR) is 78.9 cm³/mol. The molecule has 0 spiro atoms. The van der Waals surface area contributed by atoms with Crippen LogP contribution in [0.5, 0.6) is 0 Å². The zero-order valence-corrected chi connectivity index (χ0v) is 11.8. The van der Waals surface area contributed by atoms with E-state index >= 15 is 0 Å². The Morgan fingerprint density at radius 2 is 1.62 bits per heavy atom. The van der Waals surface area contributed by atoms with Crippen molar-refractivity contribution in [1.29, 1.82) is 0 Å². The van der Waals surface area contributed by atoms with Gasteiger partial charge in [-0.15, -0.1) is 0 Å². The summed E-state index contributed by atoms with van der Waals surface area (Å²) in [4.78, 5) is 11.8. The van der Waals surface area contributed by atoms with Crippen molar-refractivity contribution in [2.75, 3.05) is 0 Å². The summed E-state index contributed by atoms with van der Waals surface area (Å²) < 4.78 is 5.11. The van der Waals surface area contributed by atoms with Crippen LogP contribution in [-0.2, 0) is 16.1 Å². The highest BCUT2D eigenvalue weighted by Crippen LogP contribution is 2.14. The van der Waals surface area contributed by atoms with Gasteiger partial charge in [-0.05, 0) is 5.56 Å². The van der Waals surface area contributed by atoms with E-state index in [2.05, 4.69) is 5.73 Å². The Morgan fingerprint density at radius 1 is 1.05 bits per heavy atom. The molecule has 2 aromatic rings. The maximum Gasteiger partial charge on any atom is 0.335 e. The van der Waals surface area contributed by atoms with Crippen LogP contribution in [-0.4, -0.2) is 17.2 Å². The van der Waals surface area contributed by atoms with E-state index in [1.807, 2.05) is 60.7 Å². The summed E-state index contributed by atoms with van der Waals surface area (Å²) in [5, 5.41) is 9.91. The van der Waals surface area contributed by atoms with Crippen molar-refractivity contribution in [1.82, 2.24) is 0 Å². The third-order valence-electron chi connectivity index (χ3n) is 3.27. The summed E-state index contributed by atoms with van der Waals surface area (Å²) in [7, 11) is 0. The molecular formula is C17H20NO3+. The van der Waals surface area contributed by atoms with Gasteiger partial charge >= 0.3 is 5.97 Å². The highest BCUT2D eigenvalue weighted by molar-refractivity contribution is 5.74. The van der Waals surface area contributed by atoms with Gasteiger partial charge in [-0.1, -0.05) is 60.7 Å². The SMILES string of the molecule is [NH3+][C@H](C[C@@H](O)C(=O)OCc1ccccc1)c1ccccc1. The number of hydrogen-bond acceptors (Lipinski definition) is 3. The Bertz CT molecular complexity index is 557. The maximum absolute atomic E-state index is 11.8. The number of ether oxygens (including phenoxy) is 1. The van der Waals surface area contributed by atoms with E-state index in [4.69, 9.17) is 4.74 Å². The first kappa shape index (κ1) is 15.2. The summed E-state index contributed by atoms with van der Waals surface area (Å²) in [5.41, 5.74) is 5.87. The number of quaternary nitrogens is 1. The van der Waals surface area contributed by atoms with Gasteiger partial charge in [0.05, 0.1) is 0 Å². The minimum absolute atomic E-state index is 0.148. The van der Waals surface area contributed by atoms with Crippen LogP contribution in [0.4, 0.5) is 0 Å². The Labute approximate surface area is 124 Å². The Kier molecular flexibility index (Phi) is 5.49. The van der Waals surface area contributed by atoms with Crippen LogP contribution in [0.3, 0.4) is 0 Å². The number of rotatable bonds is 6. The first-order valence-corrected chi connectivity index (χ1v) is 6.93. The van der Waals surface area contributed by atoms with E-state index in [1.54, 1.807) is 0 Å². The van der Waals surface area contributed by atoms with Crippen molar-refractivity contribution in [3.05, 3.63) is 71.8 Å². The number of hydrogen-bond donors (Lipinski definition) is 2. The Balaban J connectivity index is 1.82. The fourth-order valence-electron chi connectivity index (χ4n) is 2.05. The fraction of sp³-hybridized carbons (Fsp3) is 0.235. The van der Waals surface area contributed by atoms with Gasteiger partial charge in [-0.25, -0.2) is 4.79 Å². The lowest BCUT2D eigenvalue weighted by atomic mass is 10.0. The number of carbonyl (C=O) groups excluding carboxylic acids is 1. The van der Waals surface area contributed by atoms with E-state index in [0.29, 0.717) is 0 Å². The standard InChI is InChI=1S/C17H19NO3/c18-15(14-9-5-2-6-10-14)11-16(19)17(20)21-12-13-7-3-1-4-8-13/h1-10,15-16,19H,11-12,18H2/p+1/t15-,16-/m1/s1. The maximum atomic E-state index is 11.8. The second-order valence-corrected chi connectivity index (χ2v) is 4.95. The van der Waals surface area contributed by atoms with Crippen molar-refractivity contribution >= 4 is 5.97 Å². The van der Waals surface area contributed by atoms with E-state index in [0.717, 1.165) is 11.1 Å². The third-order valence-corrected chi connectivity index (χ3v) is 3.27. The Hall–Kier alpha value is -2.17. The van der Waals surface area contributed by atoms with Crippen molar-refractivity contribution in [2.24, 2.45) is 0 Å². The molecule has 4 heteroatoms. The number of aliphatic hydroxyl groups excluding tert-OH is 1. The quantitative estimate of drug-likeness (QED) is 0.790. The lowest BCUT2D eigenvalue weighted by molar-refractivity contribution is -0.430. The third kappa shape index (κ3) is 4.70. The van der Waals surface area contributed by atoms with Gasteiger partial charge < -0.3 is 15.6 Å². The fourth-order valence-corrected chi connectivity index (χ4v) is 2.05. The van der Waals surface area contributed by atoms with E-state index < -0.39 is 12.1 Å². The highest BCUT2D eigenvalue weighted by atomic mass is 16.5. The lowest BCUT2D eigenvalue weighted by Crippen LogP contribution is -2.55. The molecule has 0 aliphatic heterocycles. The Morgan fingerprint density at radius 3 is 2.24 bits per heavy atom. The summed E-state index contributed by atoms with van der Waals surface area (Å²) in [6, 6.07) is 18.8. The van der Waals surface area contributed by atoms with E-state index in [9.17, 15) is 9.90 Å². The highest BCUT2D eigenvalue weighted by Gasteiger charge is 2.22. The molecule has 0 saturated carbocycles. The van der Waals surface area contributed by atoms with Gasteiger partial charge in [0.25, 0.3) is 0 Å². The van der Waals surface area contributed by atoms with Gasteiger partial charge in [0, 0.05) is 12.0 Å². The molecule has 0 aliphatic rings. The molecule has 2 aromatic carbocycles. The first-order valence-electron chi connectivity index (χ1n) is 6.93. The van der Waals surface area contributed by atoms with Gasteiger partial charge in [0.1, 0.15) is 12.6 Å². The second-order valence-electron chi connectivity index (χ2n) is 4.95. The topological polar surface area (TPSA) is 74.2 Å².